The molecule has 0 N–H and O–H groups in total. The molecule has 40 heavy (non-hydrogen) atoms. The maximum absolute atomic E-state index is 11.5. The Morgan fingerprint density at radius 2 is 0.925 bits per heavy atom. The maximum Gasteiger partial charge on any atom is 0.186 e. The summed E-state index contributed by atoms with van der Waals surface area (Å²) in [6.45, 7) is 4.80. The summed E-state index contributed by atoms with van der Waals surface area (Å²) in [5, 5.41) is 0.339. The number of carbonyl (C=O) groups excluding carboxylic acids is 3. The first-order valence-corrected chi connectivity index (χ1v) is 16.3. The molecule has 0 saturated heterocycles. The van der Waals surface area contributed by atoms with E-state index in [0.29, 0.717) is 17.3 Å². The smallest absolute Gasteiger partial charge is 0.186 e. The van der Waals surface area contributed by atoms with E-state index in [0.717, 1.165) is 46.2 Å². The van der Waals surface area contributed by atoms with Gasteiger partial charge in [-0.25, -0.2) is 0 Å². The van der Waals surface area contributed by atoms with E-state index in [1.807, 2.05) is 0 Å². The zero-order valence-corrected chi connectivity index (χ0v) is 25.6. The Morgan fingerprint density at radius 1 is 0.575 bits per heavy atom. The van der Waals surface area contributed by atoms with Crippen molar-refractivity contribution < 1.29 is 14.4 Å². The average Bonchev–Trinajstić information content (AvgIpc) is 2.96. The lowest BCUT2D eigenvalue weighted by atomic mass is 9.63. The highest BCUT2D eigenvalue weighted by atomic mass is 32.2. The molecular weight excluding hydrogens is 553 g/mol. The number of thioether (sulfide) groups is 3. The van der Waals surface area contributed by atoms with Gasteiger partial charge in [-0.05, 0) is 51.8 Å². The molecule has 0 spiro atoms. The van der Waals surface area contributed by atoms with Crippen molar-refractivity contribution in [3.8, 4) is 0 Å². The number of hydrogen-bond donors (Lipinski definition) is 0. The highest BCUT2D eigenvalue weighted by Crippen LogP contribution is 2.47. The fraction of sp³-hybridized carbons (Fsp3) is 0.265. The fourth-order valence-corrected chi connectivity index (χ4v) is 6.69. The molecule has 4 rings (SSSR count). The van der Waals surface area contributed by atoms with Crippen molar-refractivity contribution in [3.05, 3.63) is 130 Å². The molecule has 0 unspecified atom stereocenters. The Balaban J connectivity index is 1.86. The summed E-state index contributed by atoms with van der Waals surface area (Å²) in [6, 6.07) is 25.9. The predicted octanol–water partition coefficient (Wildman–Crippen LogP) is 8.64. The van der Waals surface area contributed by atoms with Gasteiger partial charge < -0.3 is 0 Å². The molecule has 1 aliphatic carbocycles. The normalized spacial score (nSPS) is 13.1. The van der Waals surface area contributed by atoms with Crippen molar-refractivity contribution in [3.63, 3.8) is 0 Å². The SMILES string of the molecule is CC(=O)SCc1ccc(C(C2=CCCC=C2)(c2ccc(CSC(C)=O)cc2)c2ccc(CSC(C)=O)cc2)cc1. The third-order valence-electron chi connectivity index (χ3n) is 6.92. The minimum absolute atomic E-state index is 0.113. The van der Waals surface area contributed by atoms with E-state index in [1.54, 1.807) is 20.8 Å². The van der Waals surface area contributed by atoms with E-state index < -0.39 is 5.41 Å². The number of carbonyl (C=O) groups is 3. The van der Waals surface area contributed by atoms with Crippen LogP contribution in [0.1, 0.15) is 67.0 Å². The van der Waals surface area contributed by atoms with Crippen LogP contribution in [-0.4, -0.2) is 15.3 Å². The first-order chi connectivity index (χ1) is 19.3. The molecule has 0 aliphatic heterocycles. The summed E-state index contributed by atoms with van der Waals surface area (Å²) in [5.41, 5.74) is 7.46. The van der Waals surface area contributed by atoms with Crippen molar-refractivity contribution in [2.75, 3.05) is 0 Å². The topological polar surface area (TPSA) is 51.2 Å². The molecule has 0 radical (unpaired) electrons. The Kier molecular flexibility index (Phi) is 10.7. The third kappa shape index (κ3) is 7.48. The van der Waals surface area contributed by atoms with Gasteiger partial charge in [-0.2, -0.15) is 0 Å². The van der Waals surface area contributed by atoms with Gasteiger partial charge in [0.2, 0.25) is 0 Å². The fourth-order valence-electron chi connectivity index (χ4n) is 5.00. The predicted molar refractivity (Wildman–Crippen MR) is 172 cm³/mol. The first-order valence-electron chi connectivity index (χ1n) is 13.3. The molecule has 0 amide bonds. The monoisotopic (exact) mass is 586 g/mol. The molecule has 206 valence electrons. The zero-order chi connectivity index (χ0) is 28.5. The quantitative estimate of drug-likeness (QED) is 0.222. The standard InChI is InChI=1S/C34H34O3S3/c1-24(35)38-21-27-9-15-31(16-10-27)34(30-7-5-4-6-8-30,32-17-11-28(12-18-32)22-39-25(2)36)33-19-13-29(14-20-33)23-40-26(3)37/h5,7-20H,4,6,21-23H2,1-3H3. The van der Waals surface area contributed by atoms with Crippen molar-refractivity contribution in [2.24, 2.45) is 0 Å². The van der Waals surface area contributed by atoms with E-state index in [2.05, 4.69) is 91.0 Å². The lowest BCUT2D eigenvalue weighted by Gasteiger charge is -2.38. The molecule has 0 saturated carbocycles. The molecule has 0 atom stereocenters. The molecule has 0 aromatic heterocycles. The van der Waals surface area contributed by atoms with Gasteiger partial charge in [-0.3, -0.25) is 14.4 Å². The molecule has 1 aliphatic rings. The second kappa shape index (κ2) is 14.2. The lowest BCUT2D eigenvalue weighted by molar-refractivity contribution is -0.109. The van der Waals surface area contributed by atoms with Crippen LogP contribution in [-0.2, 0) is 37.1 Å². The lowest BCUT2D eigenvalue weighted by Crippen LogP contribution is -2.32. The first kappa shape index (κ1) is 30.2. The van der Waals surface area contributed by atoms with E-state index in [4.69, 9.17) is 0 Å². The summed E-state index contributed by atoms with van der Waals surface area (Å²) < 4.78 is 0. The minimum Gasteiger partial charge on any atom is -0.288 e. The van der Waals surface area contributed by atoms with Crippen molar-refractivity contribution >= 4 is 50.6 Å². The molecule has 0 heterocycles. The van der Waals surface area contributed by atoms with E-state index in [1.165, 1.54) is 40.9 Å². The van der Waals surface area contributed by atoms with Crippen LogP contribution in [0.25, 0.3) is 0 Å². The van der Waals surface area contributed by atoms with Gasteiger partial charge in [0.05, 0.1) is 5.41 Å². The van der Waals surface area contributed by atoms with Gasteiger partial charge in [0.15, 0.2) is 15.3 Å². The summed E-state index contributed by atoms with van der Waals surface area (Å²) in [6.07, 6.45) is 8.84. The van der Waals surface area contributed by atoms with Crippen LogP contribution in [0, 0.1) is 0 Å². The number of allylic oxidation sites excluding steroid dienone is 4. The summed E-state index contributed by atoms with van der Waals surface area (Å²) in [7, 11) is 0. The number of rotatable bonds is 10. The van der Waals surface area contributed by atoms with Crippen molar-refractivity contribution in [1.29, 1.82) is 0 Å². The van der Waals surface area contributed by atoms with Crippen LogP contribution in [0.5, 0.6) is 0 Å². The Morgan fingerprint density at radius 3 is 1.20 bits per heavy atom. The van der Waals surface area contributed by atoms with Gasteiger partial charge in [-0.1, -0.05) is 126 Å². The van der Waals surface area contributed by atoms with Crippen molar-refractivity contribution in [2.45, 2.75) is 56.3 Å². The zero-order valence-electron chi connectivity index (χ0n) is 23.1. The van der Waals surface area contributed by atoms with Crippen LogP contribution in [0.15, 0.2) is 96.6 Å². The Bertz CT molecular complexity index is 1250. The second-order valence-electron chi connectivity index (χ2n) is 9.82. The molecule has 3 aromatic carbocycles. The van der Waals surface area contributed by atoms with Crippen molar-refractivity contribution in [1.82, 2.24) is 0 Å². The molecule has 0 bridgehead atoms. The van der Waals surface area contributed by atoms with Crippen LogP contribution >= 0.6 is 35.3 Å². The largest absolute Gasteiger partial charge is 0.288 e. The van der Waals surface area contributed by atoms with Crippen LogP contribution < -0.4 is 0 Å². The minimum atomic E-state index is -0.554. The molecule has 6 heteroatoms. The van der Waals surface area contributed by atoms with Gasteiger partial charge in [-0.15, -0.1) is 0 Å². The summed E-state index contributed by atoms with van der Waals surface area (Å²) in [4.78, 5) is 34.6. The number of benzene rings is 3. The molecule has 0 fully saturated rings. The average molecular weight is 587 g/mol. The van der Waals surface area contributed by atoms with Gasteiger partial charge in [0.1, 0.15) is 0 Å². The van der Waals surface area contributed by atoms with Gasteiger partial charge in [0.25, 0.3) is 0 Å². The van der Waals surface area contributed by atoms with Gasteiger partial charge >= 0.3 is 0 Å². The van der Waals surface area contributed by atoms with Gasteiger partial charge in [0, 0.05) is 38.0 Å². The third-order valence-corrected chi connectivity index (χ3v) is 9.57. The molecule has 3 aromatic rings. The highest BCUT2D eigenvalue weighted by molar-refractivity contribution is 8.13. The summed E-state index contributed by atoms with van der Waals surface area (Å²) in [5.74, 6) is 1.95. The van der Waals surface area contributed by atoms with Crippen LogP contribution in [0.4, 0.5) is 0 Å². The highest BCUT2D eigenvalue weighted by Gasteiger charge is 2.39. The Hall–Kier alpha value is -2.80. The van der Waals surface area contributed by atoms with E-state index in [-0.39, 0.29) is 15.3 Å². The molecule has 3 nitrogen and oxygen atoms in total. The molecular formula is C34H34O3S3. The maximum atomic E-state index is 11.5. The Labute approximate surface area is 250 Å². The number of hydrogen-bond acceptors (Lipinski definition) is 6. The summed E-state index contributed by atoms with van der Waals surface area (Å²) >= 11 is 3.96. The van der Waals surface area contributed by atoms with E-state index >= 15 is 0 Å². The second-order valence-corrected chi connectivity index (χ2v) is 13.3. The van der Waals surface area contributed by atoms with Crippen LogP contribution in [0.3, 0.4) is 0 Å². The van der Waals surface area contributed by atoms with Crippen LogP contribution in [0.2, 0.25) is 0 Å². The van der Waals surface area contributed by atoms with E-state index in [9.17, 15) is 14.4 Å².